The Balaban J connectivity index is 1.23. The predicted octanol–water partition coefficient (Wildman–Crippen LogP) is 6.11. The van der Waals surface area contributed by atoms with Crippen LogP contribution in [-0.4, -0.2) is 51.3 Å². The van der Waals surface area contributed by atoms with Crippen LogP contribution in [0.5, 0.6) is 5.75 Å². The number of benzene rings is 2. The van der Waals surface area contributed by atoms with Crippen LogP contribution in [-0.2, 0) is 19.1 Å². The molecule has 0 unspecified atom stereocenters. The number of carbonyl (C=O) groups is 4. The van der Waals surface area contributed by atoms with Gasteiger partial charge in [-0.05, 0) is 106 Å². The molecule has 0 bridgehead atoms. The number of aliphatic hydroxyl groups excluding tert-OH is 1. The third kappa shape index (κ3) is 4.76. The molecule has 236 valence electrons. The number of ketones is 1. The summed E-state index contributed by atoms with van der Waals surface area (Å²) in [6.07, 6.45) is 3.75. The van der Waals surface area contributed by atoms with Crippen molar-refractivity contribution >= 4 is 35.5 Å². The van der Waals surface area contributed by atoms with E-state index < -0.39 is 57.9 Å². The molecule has 2 aromatic carbocycles. The third-order valence-electron chi connectivity index (χ3n) is 10.8. The van der Waals surface area contributed by atoms with Gasteiger partial charge in [-0.15, -0.1) is 0 Å². The minimum Gasteiger partial charge on any atom is -0.478 e. The normalized spacial score (nSPS) is 35.0. The lowest BCUT2D eigenvalue weighted by Gasteiger charge is -2.62. The molecule has 3 fully saturated rings. The number of hydrogen-bond donors (Lipinski definition) is 2. The van der Waals surface area contributed by atoms with E-state index in [0.29, 0.717) is 30.6 Å². The zero-order chi connectivity index (χ0) is 32.4. The standard InChI is InChI=1S/C35H35FO8S/c1-20(37)43-24-7-11-26(12-8-24)45-25-9-4-21(5-10-25)30(40)44-34(31(41)42)17-15-27-28-13-6-22-18-23(38)14-16-32(22,2)35(28,36)29(39)19-33(27,34)3/h4-5,7-12,14,16,18,27-29,39H,6,13,15,17,19H2,1-3H3,(H,41,42)/t27-,28-,29-,32-,33-,34-,35-/m0/s1. The van der Waals surface area contributed by atoms with Gasteiger partial charge in [-0.3, -0.25) is 9.59 Å². The molecule has 4 aliphatic carbocycles. The van der Waals surface area contributed by atoms with E-state index in [9.17, 15) is 29.4 Å². The van der Waals surface area contributed by atoms with Gasteiger partial charge in [0.1, 0.15) is 5.75 Å². The molecule has 0 aliphatic heterocycles. The van der Waals surface area contributed by atoms with Crippen molar-refractivity contribution in [3.63, 3.8) is 0 Å². The van der Waals surface area contributed by atoms with Gasteiger partial charge < -0.3 is 19.7 Å². The minimum atomic E-state index is -2.11. The van der Waals surface area contributed by atoms with E-state index in [1.54, 1.807) is 68.5 Å². The van der Waals surface area contributed by atoms with Crippen LogP contribution in [0, 0.1) is 22.7 Å². The van der Waals surface area contributed by atoms with Gasteiger partial charge in [0.2, 0.25) is 5.60 Å². The lowest BCUT2D eigenvalue weighted by Crippen LogP contribution is -2.69. The predicted molar refractivity (Wildman–Crippen MR) is 162 cm³/mol. The maximum atomic E-state index is 17.4. The number of allylic oxidation sites excluding steroid dienone is 4. The molecule has 10 heteroatoms. The van der Waals surface area contributed by atoms with Crippen LogP contribution < -0.4 is 4.74 Å². The lowest BCUT2D eigenvalue weighted by atomic mass is 9.45. The van der Waals surface area contributed by atoms with Gasteiger partial charge in [0, 0.05) is 33.5 Å². The molecule has 0 heterocycles. The number of fused-ring (bicyclic) bond motifs is 5. The second kappa shape index (κ2) is 10.9. The fraction of sp³-hybridized carbons (Fsp3) is 0.429. The highest BCUT2D eigenvalue weighted by Gasteiger charge is 2.76. The van der Waals surface area contributed by atoms with Crippen LogP contribution in [0.2, 0.25) is 0 Å². The molecular weight excluding hydrogens is 599 g/mol. The summed E-state index contributed by atoms with van der Waals surface area (Å²) < 4.78 is 28.4. The number of carboxylic acid groups (broad SMARTS) is 1. The van der Waals surface area contributed by atoms with Crippen LogP contribution in [0.25, 0.3) is 0 Å². The van der Waals surface area contributed by atoms with Gasteiger partial charge in [0.25, 0.3) is 0 Å². The Hall–Kier alpha value is -3.76. The van der Waals surface area contributed by atoms with Crippen LogP contribution in [0.4, 0.5) is 4.39 Å². The summed E-state index contributed by atoms with van der Waals surface area (Å²) in [7, 11) is 0. The fourth-order valence-corrected chi connectivity index (χ4v) is 9.33. The van der Waals surface area contributed by atoms with Crippen LogP contribution in [0.15, 0.2) is 82.1 Å². The fourth-order valence-electron chi connectivity index (χ4n) is 8.52. The van der Waals surface area contributed by atoms with Crippen LogP contribution in [0.3, 0.4) is 0 Å². The smallest absolute Gasteiger partial charge is 0.348 e. The SMILES string of the molecule is CC(=O)Oc1ccc(Sc2ccc(C(=O)O[C@]3(C(=O)O)CC[C@H]4[C@@H]5CCC6=CC(=O)C=C[C@]6(C)[C@@]5(F)[C@@H](O)C[C@@]43C)cc2)cc1. The van der Waals surface area contributed by atoms with Gasteiger partial charge in [0.05, 0.1) is 11.7 Å². The van der Waals surface area contributed by atoms with Crippen LogP contribution in [0.1, 0.15) is 63.2 Å². The van der Waals surface area contributed by atoms with Gasteiger partial charge in [-0.25, -0.2) is 14.0 Å². The summed E-state index contributed by atoms with van der Waals surface area (Å²) in [5, 5.41) is 22.1. The van der Waals surface area contributed by atoms with Crippen molar-refractivity contribution in [3.05, 3.63) is 77.9 Å². The Bertz CT molecular complexity index is 1630. The number of esters is 2. The molecule has 0 aromatic heterocycles. The molecule has 45 heavy (non-hydrogen) atoms. The third-order valence-corrected chi connectivity index (χ3v) is 11.8. The Morgan fingerprint density at radius 1 is 0.978 bits per heavy atom. The van der Waals surface area contributed by atoms with E-state index >= 15 is 4.39 Å². The largest absolute Gasteiger partial charge is 0.478 e. The highest BCUT2D eigenvalue weighted by Crippen LogP contribution is 2.70. The molecule has 2 N–H and O–H groups in total. The number of halogens is 1. The van der Waals surface area contributed by atoms with Gasteiger partial charge >= 0.3 is 17.9 Å². The summed E-state index contributed by atoms with van der Waals surface area (Å²) in [6.45, 7) is 4.74. The van der Waals surface area contributed by atoms with Crippen molar-refractivity contribution in [2.75, 3.05) is 0 Å². The minimum absolute atomic E-state index is 0.000447. The first-order chi connectivity index (χ1) is 21.2. The molecule has 0 saturated heterocycles. The van der Waals surface area contributed by atoms with Gasteiger partial charge in [0.15, 0.2) is 11.5 Å². The molecular formula is C35H35FO8S. The molecule has 8 nitrogen and oxygen atoms in total. The number of aliphatic hydroxyl groups is 1. The summed E-state index contributed by atoms with van der Waals surface area (Å²) in [6, 6.07) is 13.6. The highest BCUT2D eigenvalue weighted by atomic mass is 32.2. The quantitative estimate of drug-likeness (QED) is 0.286. The first kappa shape index (κ1) is 31.2. The van der Waals surface area contributed by atoms with Crippen molar-refractivity contribution in [2.45, 2.75) is 80.0 Å². The van der Waals surface area contributed by atoms with E-state index in [2.05, 4.69) is 0 Å². The van der Waals surface area contributed by atoms with Crippen molar-refractivity contribution < 1.29 is 43.3 Å². The summed E-state index contributed by atoms with van der Waals surface area (Å²) in [4.78, 5) is 51.4. The maximum Gasteiger partial charge on any atom is 0.348 e. The molecule has 0 spiro atoms. The number of hydrogen-bond acceptors (Lipinski definition) is 8. The molecule has 4 aliphatic rings. The number of carboxylic acids is 1. The monoisotopic (exact) mass is 634 g/mol. The summed E-state index contributed by atoms with van der Waals surface area (Å²) in [5.74, 6) is -3.45. The molecule has 0 amide bonds. The zero-order valence-electron chi connectivity index (χ0n) is 25.2. The summed E-state index contributed by atoms with van der Waals surface area (Å²) >= 11 is 1.43. The van der Waals surface area contributed by atoms with E-state index in [1.165, 1.54) is 30.8 Å². The Morgan fingerprint density at radius 2 is 1.62 bits per heavy atom. The topological polar surface area (TPSA) is 127 Å². The number of aliphatic carboxylic acids is 1. The maximum absolute atomic E-state index is 17.4. The van der Waals surface area contributed by atoms with E-state index in [1.807, 2.05) is 0 Å². The second-order valence-corrected chi connectivity index (χ2v) is 14.2. The molecule has 2 aromatic rings. The Labute approximate surface area is 264 Å². The zero-order valence-corrected chi connectivity index (χ0v) is 26.1. The lowest BCUT2D eigenvalue weighted by molar-refractivity contribution is -0.222. The molecule has 0 radical (unpaired) electrons. The molecule has 6 rings (SSSR count). The van der Waals surface area contributed by atoms with E-state index in [4.69, 9.17) is 9.47 Å². The van der Waals surface area contributed by atoms with Gasteiger partial charge in [-0.1, -0.05) is 30.3 Å². The van der Waals surface area contributed by atoms with Crippen molar-refractivity contribution in [2.24, 2.45) is 22.7 Å². The molecule has 7 atom stereocenters. The van der Waals surface area contributed by atoms with Crippen molar-refractivity contribution in [1.29, 1.82) is 0 Å². The molecule has 3 saturated carbocycles. The first-order valence-electron chi connectivity index (χ1n) is 15.1. The Kier molecular flexibility index (Phi) is 7.60. The van der Waals surface area contributed by atoms with Crippen molar-refractivity contribution in [1.82, 2.24) is 0 Å². The van der Waals surface area contributed by atoms with Crippen LogP contribution >= 0.6 is 11.8 Å². The number of carbonyl (C=O) groups excluding carboxylic acids is 3. The van der Waals surface area contributed by atoms with Crippen molar-refractivity contribution in [3.8, 4) is 5.75 Å². The number of alkyl halides is 1. The average molecular weight is 635 g/mol. The highest BCUT2D eigenvalue weighted by molar-refractivity contribution is 7.99. The number of ether oxygens (including phenoxy) is 2. The second-order valence-electron chi connectivity index (χ2n) is 13.0. The average Bonchev–Trinajstić information content (AvgIpc) is 3.27. The summed E-state index contributed by atoms with van der Waals surface area (Å²) in [5.41, 5.74) is -5.67. The van der Waals surface area contributed by atoms with E-state index in [0.717, 1.165) is 9.79 Å². The first-order valence-corrected chi connectivity index (χ1v) is 15.9. The van der Waals surface area contributed by atoms with E-state index in [-0.39, 0.29) is 24.2 Å². The van der Waals surface area contributed by atoms with Gasteiger partial charge in [-0.2, -0.15) is 0 Å². The number of rotatable bonds is 6. The Morgan fingerprint density at radius 3 is 2.24 bits per heavy atom.